The Bertz CT molecular complexity index is 254. The maximum atomic E-state index is 11.6. The van der Waals surface area contributed by atoms with Gasteiger partial charge in [0.25, 0.3) is 0 Å². The van der Waals surface area contributed by atoms with E-state index in [2.05, 4.69) is 25.7 Å². The highest BCUT2D eigenvalue weighted by Crippen LogP contribution is 2.28. The molecule has 0 amide bonds. The number of nitrogens with zero attached hydrogens (tertiary/aromatic N) is 1. The van der Waals surface area contributed by atoms with Gasteiger partial charge in [-0.05, 0) is 20.3 Å². The van der Waals surface area contributed by atoms with Crippen molar-refractivity contribution >= 4 is 5.78 Å². The zero-order chi connectivity index (χ0) is 11.0. The summed E-state index contributed by atoms with van der Waals surface area (Å²) in [6, 6.07) is 0.899. The normalized spacial score (nSPS) is 43.5. The van der Waals surface area contributed by atoms with Gasteiger partial charge in [0.15, 0.2) is 0 Å². The molecule has 2 rings (SSSR count). The maximum Gasteiger partial charge on any atom is 0.138 e. The van der Waals surface area contributed by atoms with Gasteiger partial charge in [0, 0.05) is 37.6 Å². The van der Waals surface area contributed by atoms with Crippen molar-refractivity contribution < 1.29 is 9.53 Å². The number of ketones is 1. The smallest absolute Gasteiger partial charge is 0.138 e. The summed E-state index contributed by atoms with van der Waals surface area (Å²) in [6.07, 6.45) is 2.16. The molecule has 0 radical (unpaired) electrons. The molecule has 0 saturated carbocycles. The lowest BCUT2D eigenvalue weighted by Crippen LogP contribution is -2.53. The van der Waals surface area contributed by atoms with Crippen molar-refractivity contribution in [3.63, 3.8) is 0 Å². The van der Waals surface area contributed by atoms with Gasteiger partial charge in [0.1, 0.15) is 5.78 Å². The van der Waals surface area contributed by atoms with Crippen LogP contribution in [-0.2, 0) is 9.53 Å². The summed E-state index contributed by atoms with van der Waals surface area (Å²) in [5.41, 5.74) is 0. The Kier molecular flexibility index (Phi) is 3.12. The van der Waals surface area contributed by atoms with Gasteiger partial charge in [-0.2, -0.15) is 0 Å². The highest BCUT2D eigenvalue weighted by Gasteiger charge is 2.38. The highest BCUT2D eigenvalue weighted by molar-refractivity contribution is 5.82. The van der Waals surface area contributed by atoms with Crippen molar-refractivity contribution in [2.24, 2.45) is 5.92 Å². The molecule has 2 aliphatic rings. The van der Waals surface area contributed by atoms with Crippen LogP contribution >= 0.6 is 0 Å². The molecule has 0 aromatic heterocycles. The van der Waals surface area contributed by atoms with Gasteiger partial charge in [-0.3, -0.25) is 9.69 Å². The van der Waals surface area contributed by atoms with Gasteiger partial charge in [-0.1, -0.05) is 6.92 Å². The largest absolute Gasteiger partial charge is 0.377 e. The number of hydrogen-bond acceptors (Lipinski definition) is 3. The Balaban J connectivity index is 2.06. The molecular weight excluding hydrogens is 190 g/mol. The molecule has 0 bridgehead atoms. The van der Waals surface area contributed by atoms with Crippen LogP contribution in [0.5, 0.6) is 0 Å². The van der Waals surface area contributed by atoms with Crippen molar-refractivity contribution in [3.8, 4) is 0 Å². The third kappa shape index (κ3) is 1.95. The maximum absolute atomic E-state index is 11.6. The topological polar surface area (TPSA) is 29.5 Å². The Morgan fingerprint density at radius 1 is 1.33 bits per heavy atom. The molecular formula is C12H21NO2. The molecule has 86 valence electrons. The first-order chi connectivity index (χ1) is 7.11. The molecule has 0 N–H and O–H groups in total. The van der Waals surface area contributed by atoms with Crippen LogP contribution in [-0.4, -0.2) is 42.0 Å². The second-order valence-corrected chi connectivity index (χ2v) is 4.92. The van der Waals surface area contributed by atoms with Crippen molar-refractivity contribution in [3.05, 3.63) is 0 Å². The van der Waals surface area contributed by atoms with Crippen LogP contribution in [0.3, 0.4) is 0 Å². The van der Waals surface area contributed by atoms with E-state index in [1.165, 1.54) is 0 Å². The van der Waals surface area contributed by atoms with Crippen LogP contribution in [0.15, 0.2) is 0 Å². The number of hydrogen-bond donors (Lipinski definition) is 0. The van der Waals surface area contributed by atoms with E-state index in [1.54, 1.807) is 0 Å². The summed E-state index contributed by atoms with van der Waals surface area (Å²) in [6.45, 7) is 8.16. The molecule has 3 nitrogen and oxygen atoms in total. The van der Waals surface area contributed by atoms with E-state index in [1.807, 2.05) is 0 Å². The molecule has 2 saturated heterocycles. The average molecular weight is 211 g/mol. The quantitative estimate of drug-likeness (QED) is 0.657. The summed E-state index contributed by atoms with van der Waals surface area (Å²) >= 11 is 0. The van der Waals surface area contributed by atoms with E-state index in [-0.39, 0.29) is 5.92 Å². The highest BCUT2D eigenvalue weighted by atomic mass is 16.5. The van der Waals surface area contributed by atoms with Crippen LogP contribution in [0.4, 0.5) is 0 Å². The predicted octanol–water partition coefficient (Wildman–Crippen LogP) is 1.46. The van der Waals surface area contributed by atoms with E-state index >= 15 is 0 Å². The third-order valence-corrected chi connectivity index (χ3v) is 4.13. The summed E-state index contributed by atoms with van der Waals surface area (Å²) in [4.78, 5) is 14.1. The Morgan fingerprint density at radius 3 is 2.67 bits per heavy atom. The summed E-state index contributed by atoms with van der Waals surface area (Å²) in [7, 11) is 0. The summed E-state index contributed by atoms with van der Waals surface area (Å²) in [5, 5.41) is 0. The standard InChI is InChI=1S/C12H21NO2/c1-8-9(2)13(6-4-12(8)14)11-5-7-15-10(11)3/h8-11H,4-7H2,1-3H3. The number of likely N-dealkylation sites (tertiary alicyclic amines) is 1. The van der Waals surface area contributed by atoms with E-state index in [0.717, 1.165) is 19.6 Å². The zero-order valence-electron chi connectivity index (χ0n) is 9.90. The predicted molar refractivity (Wildman–Crippen MR) is 58.8 cm³/mol. The molecule has 4 unspecified atom stereocenters. The van der Waals surface area contributed by atoms with Crippen molar-refractivity contribution in [1.82, 2.24) is 4.90 Å². The van der Waals surface area contributed by atoms with Crippen LogP contribution in [0, 0.1) is 5.92 Å². The Labute approximate surface area is 91.8 Å². The summed E-state index contributed by atoms with van der Waals surface area (Å²) < 4.78 is 5.60. The van der Waals surface area contributed by atoms with Crippen molar-refractivity contribution in [2.75, 3.05) is 13.2 Å². The number of rotatable bonds is 1. The van der Waals surface area contributed by atoms with Gasteiger partial charge < -0.3 is 4.74 Å². The number of carbonyl (C=O) groups is 1. The minimum absolute atomic E-state index is 0.187. The minimum atomic E-state index is 0.187. The number of Topliss-reactive ketones (excluding diaryl/α,β-unsaturated/α-hetero) is 1. The zero-order valence-corrected chi connectivity index (χ0v) is 9.90. The average Bonchev–Trinajstić information content (AvgIpc) is 2.62. The molecule has 0 spiro atoms. The number of piperidine rings is 1. The lowest BCUT2D eigenvalue weighted by molar-refractivity contribution is -0.129. The summed E-state index contributed by atoms with van der Waals surface area (Å²) in [5.74, 6) is 0.608. The molecule has 0 aliphatic carbocycles. The van der Waals surface area contributed by atoms with E-state index in [9.17, 15) is 4.79 Å². The van der Waals surface area contributed by atoms with E-state index in [0.29, 0.717) is 30.4 Å². The molecule has 3 heteroatoms. The van der Waals surface area contributed by atoms with Gasteiger partial charge in [0.05, 0.1) is 6.10 Å². The fraction of sp³-hybridized carbons (Fsp3) is 0.917. The van der Waals surface area contributed by atoms with Gasteiger partial charge >= 0.3 is 0 Å². The minimum Gasteiger partial charge on any atom is -0.377 e. The Morgan fingerprint density at radius 2 is 2.07 bits per heavy atom. The van der Waals surface area contributed by atoms with Crippen molar-refractivity contribution in [2.45, 2.75) is 51.8 Å². The van der Waals surface area contributed by atoms with Crippen LogP contribution in [0.2, 0.25) is 0 Å². The first kappa shape index (κ1) is 11.1. The van der Waals surface area contributed by atoms with Gasteiger partial charge in [-0.25, -0.2) is 0 Å². The third-order valence-electron chi connectivity index (χ3n) is 4.13. The van der Waals surface area contributed by atoms with E-state index in [4.69, 9.17) is 4.74 Å². The molecule has 2 fully saturated rings. The number of ether oxygens (including phenoxy) is 1. The lowest BCUT2D eigenvalue weighted by Gasteiger charge is -2.41. The number of carbonyl (C=O) groups excluding carboxylic acids is 1. The van der Waals surface area contributed by atoms with Crippen LogP contribution < -0.4 is 0 Å². The molecule has 4 atom stereocenters. The van der Waals surface area contributed by atoms with E-state index < -0.39 is 0 Å². The first-order valence-corrected chi connectivity index (χ1v) is 6.01. The monoisotopic (exact) mass is 211 g/mol. The second kappa shape index (κ2) is 4.22. The fourth-order valence-corrected chi connectivity index (χ4v) is 2.85. The van der Waals surface area contributed by atoms with Crippen molar-refractivity contribution in [1.29, 1.82) is 0 Å². The first-order valence-electron chi connectivity index (χ1n) is 6.01. The van der Waals surface area contributed by atoms with Gasteiger partial charge in [-0.15, -0.1) is 0 Å². The fourth-order valence-electron chi connectivity index (χ4n) is 2.85. The SMILES string of the molecule is CC1OCCC1N1CCC(=O)C(C)C1C. The molecule has 15 heavy (non-hydrogen) atoms. The Hall–Kier alpha value is -0.410. The molecule has 2 heterocycles. The molecule has 0 aromatic rings. The van der Waals surface area contributed by atoms with Gasteiger partial charge in [0.2, 0.25) is 0 Å². The molecule has 0 aromatic carbocycles. The second-order valence-electron chi connectivity index (χ2n) is 4.92. The van der Waals surface area contributed by atoms with Crippen LogP contribution in [0.1, 0.15) is 33.6 Å². The lowest BCUT2D eigenvalue weighted by atomic mass is 9.88. The van der Waals surface area contributed by atoms with Crippen LogP contribution in [0.25, 0.3) is 0 Å². The molecule has 2 aliphatic heterocycles.